The van der Waals surface area contributed by atoms with Crippen LogP contribution in [0.1, 0.15) is 49.1 Å². The van der Waals surface area contributed by atoms with Crippen molar-refractivity contribution < 1.29 is 0 Å². The van der Waals surface area contributed by atoms with Crippen molar-refractivity contribution in [1.82, 2.24) is 0 Å². The zero-order chi connectivity index (χ0) is 15.0. The minimum absolute atomic E-state index is 0.184. The Bertz CT molecular complexity index is 793. The molecule has 0 radical (unpaired) electrons. The molecule has 1 aromatic carbocycles. The molecular formula is C18H19NOS. The topological polar surface area (TPSA) is 40.9 Å². The molecule has 1 aliphatic rings. The summed E-state index contributed by atoms with van der Waals surface area (Å²) in [6.45, 7) is 4.51. The van der Waals surface area contributed by atoms with Crippen molar-refractivity contribution in [2.45, 2.75) is 46.0 Å². The van der Waals surface area contributed by atoms with Crippen molar-refractivity contribution in [3.8, 4) is 6.07 Å². The van der Waals surface area contributed by atoms with E-state index in [1.807, 2.05) is 12.1 Å². The summed E-state index contributed by atoms with van der Waals surface area (Å²) >= 11 is 1.71. The molecule has 2 nitrogen and oxygen atoms in total. The van der Waals surface area contributed by atoms with Gasteiger partial charge in [-0.05, 0) is 42.9 Å². The summed E-state index contributed by atoms with van der Waals surface area (Å²) < 4.78 is 0.959. The van der Waals surface area contributed by atoms with Gasteiger partial charge in [-0.1, -0.05) is 26.7 Å². The molecule has 0 unspecified atom stereocenters. The lowest BCUT2D eigenvalue weighted by molar-refractivity contribution is 0.226. The first-order chi connectivity index (χ1) is 10.1. The van der Waals surface area contributed by atoms with Gasteiger partial charge in [-0.2, -0.15) is 5.26 Å². The fraction of sp³-hybridized carbons (Fsp3) is 0.444. The van der Waals surface area contributed by atoms with E-state index in [4.69, 9.17) is 5.26 Å². The zero-order valence-corrected chi connectivity index (χ0v) is 13.3. The second kappa shape index (κ2) is 5.27. The fourth-order valence-corrected chi connectivity index (χ4v) is 4.83. The Hall–Kier alpha value is -1.66. The van der Waals surface area contributed by atoms with Gasteiger partial charge in [-0.25, -0.2) is 0 Å². The lowest BCUT2D eigenvalue weighted by Gasteiger charge is -2.36. The molecule has 1 aliphatic carbocycles. The third-order valence-electron chi connectivity index (χ3n) is 5.14. The van der Waals surface area contributed by atoms with E-state index in [1.54, 1.807) is 17.4 Å². The van der Waals surface area contributed by atoms with Gasteiger partial charge in [0.15, 0.2) is 5.43 Å². The zero-order valence-electron chi connectivity index (χ0n) is 12.5. The summed E-state index contributed by atoms with van der Waals surface area (Å²) in [4.78, 5) is 13.9. The number of hydrogen-bond donors (Lipinski definition) is 0. The minimum Gasteiger partial charge on any atom is -0.289 e. The molecule has 0 atom stereocenters. The Labute approximate surface area is 129 Å². The lowest BCUT2D eigenvalue weighted by atomic mass is 9.70. The van der Waals surface area contributed by atoms with Gasteiger partial charge < -0.3 is 0 Å². The number of nitrogens with zero attached hydrogens (tertiary/aromatic N) is 1. The molecule has 0 bridgehead atoms. The Morgan fingerprint density at radius 3 is 2.76 bits per heavy atom. The second-order valence-corrected chi connectivity index (χ2v) is 7.18. The van der Waals surface area contributed by atoms with Crippen LogP contribution in [0.4, 0.5) is 0 Å². The van der Waals surface area contributed by atoms with E-state index in [0.717, 1.165) is 34.9 Å². The summed E-state index contributed by atoms with van der Waals surface area (Å²) in [7, 11) is 0. The third-order valence-corrected chi connectivity index (χ3v) is 6.33. The maximum atomic E-state index is 12.7. The average molecular weight is 297 g/mol. The van der Waals surface area contributed by atoms with Crippen molar-refractivity contribution in [1.29, 1.82) is 5.26 Å². The van der Waals surface area contributed by atoms with Gasteiger partial charge in [-0.3, -0.25) is 4.79 Å². The highest BCUT2D eigenvalue weighted by molar-refractivity contribution is 7.18. The second-order valence-electron chi connectivity index (χ2n) is 6.04. The highest BCUT2D eigenvalue weighted by Crippen LogP contribution is 2.42. The Morgan fingerprint density at radius 1 is 1.33 bits per heavy atom. The highest BCUT2D eigenvalue weighted by atomic mass is 32.1. The Morgan fingerprint density at radius 2 is 2.10 bits per heavy atom. The van der Waals surface area contributed by atoms with Gasteiger partial charge in [0.1, 0.15) is 0 Å². The molecule has 21 heavy (non-hydrogen) atoms. The van der Waals surface area contributed by atoms with E-state index in [9.17, 15) is 4.79 Å². The Kier molecular flexibility index (Phi) is 3.59. The molecule has 0 spiro atoms. The number of rotatable bonds is 2. The summed E-state index contributed by atoms with van der Waals surface area (Å²) in [6.07, 6.45) is 5.38. The Balaban J connectivity index is 2.20. The smallest absolute Gasteiger partial charge is 0.191 e. The van der Waals surface area contributed by atoms with Crippen molar-refractivity contribution >= 4 is 21.4 Å². The largest absolute Gasteiger partial charge is 0.289 e. The SMILES string of the molecule is CCC1(CC)CCc2c(sc3cc(C#N)ccc3c2=O)C1. The summed E-state index contributed by atoms with van der Waals surface area (Å²) in [5.41, 5.74) is 2.20. The predicted molar refractivity (Wildman–Crippen MR) is 87.9 cm³/mol. The fourth-order valence-electron chi connectivity index (χ4n) is 3.42. The molecule has 0 aliphatic heterocycles. The molecule has 2 aromatic rings. The molecule has 0 amide bonds. The van der Waals surface area contributed by atoms with Crippen molar-refractivity contribution in [2.24, 2.45) is 5.41 Å². The van der Waals surface area contributed by atoms with E-state index in [2.05, 4.69) is 19.9 Å². The monoisotopic (exact) mass is 297 g/mol. The van der Waals surface area contributed by atoms with E-state index in [0.29, 0.717) is 11.0 Å². The number of benzene rings is 1. The van der Waals surface area contributed by atoms with Gasteiger partial charge in [0.25, 0.3) is 0 Å². The first-order valence-electron chi connectivity index (χ1n) is 7.61. The maximum Gasteiger partial charge on any atom is 0.191 e. The van der Waals surface area contributed by atoms with Crippen LogP contribution < -0.4 is 5.43 Å². The molecule has 0 saturated carbocycles. The van der Waals surface area contributed by atoms with Crippen LogP contribution in [-0.4, -0.2) is 0 Å². The van der Waals surface area contributed by atoms with Crippen LogP contribution in [-0.2, 0) is 12.8 Å². The first-order valence-corrected chi connectivity index (χ1v) is 8.43. The number of fused-ring (bicyclic) bond motifs is 2. The molecule has 1 aromatic heterocycles. The normalized spacial score (nSPS) is 16.4. The summed E-state index contributed by atoms with van der Waals surface area (Å²) in [5, 5.41) is 9.82. The van der Waals surface area contributed by atoms with Crippen molar-refractivity contribution in [2.75, 3.05) is 0 Å². The summed E-state index contributed by atoms with van der Waals surface area (Å²) in [6, 6.07) is 7.58. The van der Waals surface area contributed by atoms with E-state index in [-0.39, 0.29) is 5.43 Å². The molecular weight excluding hydrogens is 278 g/mol. The third kappa shape index (κ3) is 2.28. The van der Waals surface area contributed by atoms with Crippen LogP contribution >= 0.6 is 11.3 Å². The molecule has 3 rings (SSSR count). The lowest BCUT2D eigenvalue weighted by Crippen LogP contribution is -2.30. The maximum absolute atomic E-state index is 12.7. The standard InChI is InChI=1S/C18H19NOS/c1-3-18(4-2)8-7-14-16(10-18)21-15-9-12(11-19)5-6-13(15)17(14)20/h5-6,9H,3-4,7-8,10H2,1-2H3. The van der Waals surface area contributed by atoms with Crippen LogP contribution in [0.5, 0.6) is 0 Å². The molecule has 0 fully saturated rings. The summed E-state index contributed by atoms with van der Waals surface area (Å²) in [5.74, 6) is 0. The average Bonchev–Trinajstić information content (AvgIpc) is 2.53. The van der Waals surface area contributed by atoms with E-state index in [1.165, 1.54) is 17.7 Å². The van der Waals surface area contributed by atoms with Gasteiger partial charge in [0, 0.05) is 20.5 Å². The van der Waals surface area contributed by atoms with Crippen molar-refractivity contribution in [3.63, 3.8) is 0 Å². The van der Waals surface area contributed by atoms with Crippen LogP contribution in [0, 0.1) is 16.7 Å². The number of hydrogen-bond acceptors (Lipinski definition) is 3. The van der Waals surface area contributed by atoms with Crippen LogP contribution in [0.15, 0.2) is 23.0 Å². The number of nitriles is 1. The molecule has 1 heterocycles. The van der Waals surface area contributed by atoms with Crippen molar-refractivity contribution in [3.05, 3.63) is 44.4 Å². The predicted octanol–water partition coefficient (Wildman–Crippen LogP) is 4.43. The molecule has 108 valence electrons. The first kappa shape index (κ1) is 14.3. The van der Waals surface area contributed by atoms with Crippen LogP contribution in [0.3, 0.4) is 0 Å². The molecule has 0 saturated heterocycles. The minimum atomic E-state index is 0.184. The van der Waals surface area contributed by atoms with Gasteiger partial charge >= 0.3 is 0 Å². The molecule has 3 heteroatoms. The van der Waals surface area contributed by atoms with Gasteiger partial charge in [0.05, 0.1) is 11.6 Å². The highest BCUT2D eigenvalue weighted by Gasteiger charge is 2.33. The van der Waals surface area contributed by atoms with Crippen LogP contribution in [0.2, 0.25) is 0 Å². The van der Waals surface area contributed by atoms with Crippen LogP contribution in [0.25, 0.3) is 10.1 Å². The van der Waals surface area contributed by atoms with Gasteiger partial charge in [0.2, 0.25) is 0 Å². The van der Waals surface area contributed by atoms with Gasteiger partial charge in [-0.15, -0.1) is 11.3 Å². The molecule has 0 N–H and O–H groups in total. The van der Waals surface area contributed by atoms with E-state index >= 15 is 0 Å². The quantitative estimate of drug-likeness (QED) is 0.823. The van der Waals surface area contributed by atoms with E-state index < -0.39 is 0 Å².